The molecule has 4 rings (SSSR count). The maximum atomic E-state index is 12.8. The maximum absolute atomic E-state index is 12.8. The minimum absolute atomic E-state index is 0.154. The number of benzene rings is 1. The van der Waals surface area contributed by atoms with Crippen LogP contribution in [0.1, 0.15) is 5.56 Å². The molecule has 1 aliphatic heterocycles. The third-order valence-electron chi connectivity index (χ3n) is 4.98. The monoisotopic (exact) mass is 461 g/mol. The third-order valence-corrected chi connectivity index (χ3v) is 6.94. The van der Waals surface area contributed by atoms with Gasteiger partial charge in [0.05, 0.1) is 30.6 Å². The summed E-state index contributed by atoms with van der Waals surface area (Å²) >= 11 is 1.86. The van der Waals surface area contributed by atoms with Gasteiger partial charge < -0.3 is 9.64 Å². The smallest absolute Gasteiger partial charge is 0.292 e. The van der Waals surface area contributed by atoms with Crippen LogP contribution in [0.4, 0.5) is 11.4 Å². The summed E-state index contributed by atoms with van der Waals surface area (Å²) in [5.74, 6) is 2.61. The molecule has 11 heteroatoms. The number of ether oxygens (including phenoxy) is 1. The molecule has 1 aromatic carbocycles. The molecular formula is C20H23N5O4S2. The summed E-state index contributed by atoms with van der Waals surface area (Å²) in [7, 11) is -0.561. The van der Waals surface area contributed by atoms with Crippen molar-refractivity contribution in [3.63, 3.8) is 0 Å². The molecule has 1 saturated heterocycles. The number of thioether (sulfide) groups is 1. The SMILES string of the molecule is COc1ccc(/C=C/S(=O)(=O)Nc2cnc3c(N4CCSCC4)c(=O)n(C)n3c2)cc1. The molecule has 1 aliphatic rings. The van der Waals surface area contributed by atoms with Crippen LogP contribution in [0.25, 0.3) is 11.7 Å². The zero-order valence-corrected chi connectivity index (χ0v) is 18.8. The number of fused-ring (bicyclic) bond motifs is 1. The Morgan fingerprint density at radius 3 is 2.58 bits per heavy atom. The van der Waals surface area contributed by atoms with E-state index in [1.54, 1.807) is 49.1 Å². The lowest BCUT2D eigenvalue weighted by molar-refractivity contribution is 0.415. The molecule has 164 valence electrons. The average molecular weight is 462 g/mol. The van der Waals surface area contributed by atoms with Crippen LogP contribution in [0.5, 0.6) is 5.75 Å². The van der Waals surface area contributed by atoms with Gasteiger partial charge in [-0.15, -0.1) is 0 Å². The lowest BCUT2D eigenvalue weighted by Crippen LogP contribution is -2.35. The van der Waals surface area contributed by atoms with Crippen LogP contribution in [0.15, 0.2) is 46.9 Å². The maximum Gasteiger partial charge on any atom is 0.292 e. The second kappa shape index (κ2) is 8.67. The van der Waals surface area contributed by atoms with E-state index in [9.17, 15) is 13.2 Å². The molecule has 0 amide bonds. The Morgan fingerprint density at radius 1 is 1.19 bits per heavy atom. The zero-order valence-electron chi connectivity index (χ0n) is 17.2. The van der Waals surface area contributed by atoms with E-state index in [4.69, 9.17) is 4.74 Å². The molecular weight excluding hydrogens is 438 g/mol. The highest BCUT2D eigenvalue weighted by atomic mass is 32.2. The van der Waals surface area contributed by atoms with Crippen molar-refractivity contribution >= 4 is 44.9 Å². The van der Waals surface area contributed by atoms with Gasteiger partial charge in [-0.05, 0) is 23.8 Å². The summed E-state index contributed by atoms with van der Waals surface area (Å²) in [5, 5.41) is 1.09. The Bertz CT molecular complexity index is 1270. The van der Waals surface area contributed by atoms with E-state index in [1.165, 1.54) is 17.0 Å². The second-order valence-electron chi connectivity index (χ2n) is 7.01. The van der Waals surface area contributed by atoms with Gasteiger partial charge in [-0.25, -0.2) is 22.6 Å². The molecule has 1 N–H and O–H groups in total. The van der Waals surface area contributed by atoms with Crippen molar-refractivity contribution in [1.82, 2.24) is 14.2 Å². The number of hydrogen-bond acceptors (Lipinski definition) is 7. The molecule has 0 bridgehead atoms. The number of nitrogens with one attached hydrogen (secondary N) is 1. The van der Waals surface area contributed by atoms with Crippen molar-refractivity contribution in [3.05, 3.63) is 58.0 Å². The van der Waals surface area contributed by atoms with Gasteiger partial charge >= 0.3 is 0 Å². The first kappa shape index (κ1) is 21.3. The summed E-state index contributed by atoms with van der Waals surface area (Å²) in [5.41, 5.74) is 1.89. The largest absolute Gasteiger partial charge is 0.497 e. The molecule has 0 unspecified atom stereocenters. The second-order valence-corrected chi connectivity index (χ2v) is 9.80. The van der Waals surface area contributed by atoms with E-state index in [0.717, 1.165) is 35.6 Å². The lowest BCUT2D eigenvalue weighted by Gasteiger charge is -2.26. The predicted octanol–water partition coefficient (Wildman–Crippen LogP) is 2.01. The minimum atomic E-state index is -3.77. The van der Waals surface area contributed by atoms with Gasteiger partial charge in [-0.1, -0.05) is 12.1 Å². The fourth-order valence-corrected chi connectivity index (χ4v) is 5.10. The highest BCUT2D eigenvalue weighted by Gasteiger charge is 2.22. The molecule has 3 heterocycles. The quantitative estimate of drug-likeness (QED) is 0.600. The average Bonchev–Trinajstić information content (AvgIpc) is 3.03. The van der Waals surface area contributed by atoms with Gasteiger partial charge in [0, 0.05) is 31.6 Å². The normalized spacial score (nSPS) is 15.0. The van der Waals surface area contributed by atoms with Crippen LogP contribution in [0.2, 0.25) is 0 Å². The Balaban J connectivity index is 1.58. The Hall–Kier alpha value is -2.92. The Morgan fingerprint density at radius 2 is 1.90 bits per heavy atom. The molecule has 0 atom stereocenters. The highest BCUT2D eigenvalue weighted by Crippen LogP contribution is 2.22. The predicted molar refractivity (Wildman–Crippen MR) is 125 cm³/mol. The fraction of sp³-hybridized carbons (Fsp3) is 0.300. The number of rotatable bonds is 6. The van der Waals surface area contributed by atoms with Crippen molar-refractivity contribution in [2.24, 2.45) is 7.05 Å². The van der Waals surface area contributed by atoms with E-state index in [1.807, 2.05) is 16.7 Å². The van der Waals surface area contributed by atoms with Crippen molar-refractivity contribution < 1.29 is 13.2 Å². The van der Waals surface area contributed by atoms with Gasteiger partial charge in [-0.3, -0.25) is 9.52 Å². The van der Waals surface area contributed by atoms with Crippen LogP contribution in [-0.2, 0) is 17.1 Å². The number of aryl methyl sites for hydroxylation is 1. The number of nitrogens with zero attached hydrogens (tertiary/aromatic N) is 4. The molecule has 1 fully saturated rings. The molecule has 31 heavy (non-hydrogen) atoms. The molecule has 9 nitrogen and oxygen atoms in total. The number of anilines is 2. The van der Waals surface area contributed by atoms with Crippen LogP contribution in [0.3, 0.4) is 0 Å². The fourth-order valence-electron chi connectivity index (χ4n) is 3.36. The summed E-state index contributed by atoms with van der Waals surface area (Å²) in [6.45, 7) is 1.57. The Kier molecular flexibility index (Phi) is 5.96. The van der Waals surface area contributed by atoms with E-state index in [0.29, 0.717) is 17.1 Å². The zero-order chi connectivity index (χ0) is 22.0. The number of sulfonamides is 1. The molecule has 0 saturated carbocycles. The molecule has 2 aromatic heterocycles. The van der Waals surface area contributed by atoms with Crippen molar-refractivity contribution in [3.8, 4) is 5.75 Å². The van der Waals surface area contributed by atoms with E-state index < -0.39 is 10.0 Å². The highest BCUT2D eigenvalue weighted by molar-refractivity contribution is 7.99. The first-order chi connectivity index (χ1) is 14.9. The van der Waals surface area contributed by atoms with Crippen molar-refractivity contribution in [2.45, 2.75) is 0 Å². The number of aromatic nitrogens is 3. The topological polar surface area (TPSA) is 97.9 Å². The van der Waals surface area contributed by atoms with Crippen LogP contribution >= 0.6 is 11.8 Å². The van der Waals surface area contributed by atoms with Crippen molar-refractivity contribution in [2.75, 3.05) is 41.3 Å². The van der Waals surface area contributed by atoms with Gasteiger partial charge in [0.15, 0.2) is 5.65 Å². The van der Waals surface area contributed by atoms with E-state index >= 15 is 0 Å². The summed E-state index contributed by atoms with van der Waals surface area (Å²) in [6, 6.07) is 7.02. The molecule has 0 aliphatic carbocycles. The number of hydrogen-bond donors (Lipinski definition) is 1. The third kappa shape index (κ3) is 4.57. The minimum Gasteiger partial charge on any atom is -0.497 e. The van der Waals surface area contributed by atoms with Gasteiger partial charge in [-0.2, -0.15) is 11.8 Å². The van der Waals surface area contributed by atoms with Crippen LogP contribution in [0, 0.1) is 0 Å². The molecule has 3 aromatic rings. The molecule has 0 spiro atoms. The van der Waals surface area contributed by atoms with Gasteiger partial charge in [0.2, 0.25) is 0 Å². The Labute approximate surface area is 184 Å². The standard InChI is InChI=1S/C20H23N5O4S2/c1-23-20(26)18(24-8-10-30-11-9-24)19-21-13-16(14-25(19)23)22-31(27,28)12-7-15-3-5-17(29-2)6-4-15/h3-7,12-14,22H,8-11H2,1-2H3/b12-7+. The first-order valence-corrected chi connectivity index (χ1v) is 12.3. The van der Waals surface area contributed by atoms with Crippen molar-refractivity contribution in [1.29, 1.82) is 0 Å². The summed E-state index contributed by atoms with van der Waals surface area (Å²) in [4.78, 5) is 19.2. The lowest BCUT2D eigenvalue weighted by atomic mass is 10.2. The van der Waals surface area contributed by atoms with Gasteiger partial charge in [0.1, 0.15) is 11.4 Å². The molecule has 0 radical (unpaired) electrons. The summed E-state index contributed by atoms with van der Waals surface area (Å²) < 4.78 is 35.6. The van der Waals surface area contributed by atoms with Gasteiger partial charge in [0.25, 0.3) is 15.6 Å². The summed E-state index contributed by atoms with van der Waals surface area (Å²) in [6.07, 6.45) is 4.48. The number of methoxy groups -OCH3 is 1. The van der Waals surface area contributed by atoms with E-state index in [-0.39, 0.29) is 11.2 Å². The first-order valence-electron chi connectivity index (χ1n) is 9.63. The van der Waals surface area contributed by atoms with E-state index in [2.05, 4.69) is 9.71 Å². The van der Waals surface area contributed by atoms with Crippen LogP contribution in [-0.4, -0.2) is 54.3 Å². The van der Waals surface area contributed by atoms with Crippen LogP contribution < -0.4 is 19.9 Å².